The molecule has 1 fully saturated rings. The molecule has 1 saturated heterocycles. The van der Waals surface area contributed by atoms with Crippen LogP contribution in [0.15, 0.2) is 0 Å². The first-order chi connectivity index (χ1) is 6.74. The Labute approximate surface area is 85.9 Å². The Balaban J connectivity index is 2.10. The molecule has 0 aromatic carbocycles. The van der Waals surface area contributed by atoms with Gasteiger partial charge in [-0.3, -0.25) is 0 Å². The molecule has 4 nitrogen and oxygen atoms in total. The van der Waals surface area contributed by atoms with Crippen molar-refractivity contribution < 1.29 is 10.2 Å². The van der Waals surface area contributed by atoms with Gasteiger partial charge in [0.25, 0.3) is 0 Å². The van der Waals surface area contributed by atoms with Gasteiger partial charge in [-0.05, 0) is 26.4 Å². The highest BCUT2D eigenvalue weighted by Gasteiger charge is 2.18. The molecule has 0 amide bonds. The van der Waals surface area contributed by atoms with Gasteiger partial charge in [-0.25, -0.2) is 0 Å². The predicted molar refractivity (Wildman–Crippen MR) is 56.2 cm³/mol. The van der Waals surface area contributed by atoms with Crippen molar-refractivity contribution in [3.63, 3.8) is 0 Å². The second-order valence-electron chi connectivity index (χ2n) is 4.12. The summed E-state index contributed by atoms with van der Waals surface area (Å²) in [7, 11) is 2.15. The van der Waals surface area contributed by atoms with Crippen LogP contribution >= 0.6 is 0 Å². The summed E-state index contributed by atoms with van der Waals surface area (Å²) in [5.41, 5.74) is 0. The first kappa shape index (κ1) is 11.9. The summed E-state index contributed by atoms with van der Waals surface area (Å²) in [4.78, 5) is 2.36. The fraction of sp³-hybridized carbons (Fsp3) is 1.00. The van der Waals surface area contributed by atoms with E-state index in [0.717, 1.165) is 6.54 Å². The van der Waals surface area contributed by atoms with Gasteiger partial charge in [-0.2, -0.15) is 0 Å². The number of piperidine rings is 1. The molecule has 0 aromatic heterocycles. The first-order valence-corrected chi connectivity index (χ1v) is 5.44. The van der Waals surface area contributed by atoms with Crippen molar-refractivity contribution in [2.45, 2.75) is 31.4 Å². The molecule has 0 aromatic rings. The Hall–Kier alpha value is -0.160. The summed E-state index contributed by atoms with van der Waals surface area (Å²) in [6, 6.07) is 0.592. The predicted octanol–water partition coefficient (Wildman–Crippen LogP) is -0.586. The Kier molecular flexibility index (Phi) is 5.40. The fourth-order valence-corrected chi connectivity index (χ4v) is 1.88. The number of likely N-dealkylation sites (N-methyl/N-ethyl adjacent to an activating group) is 1. The lowest BCUT2D eigenvalue weighted by Crippen LogP contribution is -2.44. The topological polar surface area (TPSA) is 55.7 Å². The summed E-state index contributed by atoms with van der Waals surface area (Å²) >= 11 is 0. The number of aliphatic hydroxyl groups is 2. The highest BCUT2D eigenvalue weighted by molar-refractivity contribution is 4.76. The molecule has 84 valence electrons. The van der Waals surface area contributed by atoms with Crippen LogP contribution in [0.25, 0.3) is 0 Å². The van der Waals surface area contributed by atoms with Gasteiger partial charge in [-0.1, -0.05) is 6.42 Å². The normalized spacial score (nSPS) is 26.4. The summed E-state index contributed by atoms with van der Waals surface area (Å²) in [5.74, 6) is 0. The molecule has 1 heterocycles. The van der Waals surface area contributed by atoms with E-state index in [9.17, 15) is 0 Å². The van der Waals surface area contributed by atoms with Gasteiger partial charge < -0.3 is 20.4 Å². The summed E-state index contributed by atoms with van der Waals surface area (Å²) in [6.45, 7) is 2.41. The van der Waals surface area contributed by atoms with Crippen molar-refractivity contribution in [2.75, 3.05) is 33.3 Å². The van der Waals surface area contributed by atoms with Gasteiger partial charge in [0, 0.05) is 19.1 Å². The van der Waals surface area contributed by atoms with Crippen LogP contribution in [-0.4, -0.2) is 60.5 Å². The zero-order chi connectivity index (χ0) is 10.4. The smallest absolute Gasteiger partial charge is 0.0894 e. The average molecular weight is 202 g/mol. The van der Waals surface area contributed by atoms with Gasteiger partial charge in [0.1, 0.15) is 0 Å². The van der Waals surface area contributed by atoms with E-state index in [1.165, 1.54) is 25.8 Å². The maximum Gasteiger partial charge on any atom is 0.0894 e. The third-order valence-corrected chi connectivity index (χ3v) is 2.89. The molecule has 14 heavy (non-hydrogen) atoms. The quantitative estimate of drug-likeness (QED) is 0.558. The monoisotopic (exact) mass is 202 g/mol. The lowest BCUT2D eigenvalue weighted by molar-refractivity contribution is 0.0907. The number of hydrogen-bond acceptors (Lipinski definition) is 4. The number of rotatable bonds is 5. The highest BCUT2D eigenvalue weighted by atomic mass is 16.3. The third-order valence-electron chi connectivity index (χ3n) is 2.89. The molecule has 0 saturated carbocycles. The summed E-state index contributed by atoms with van der Waals surface area (Å²) in [6.07, 6.45) is 3.22. The SMILES string of the molecule is CN1CCCCC1CNCC(O)CO. The van der Waals surface area contributed by atoms with Crippen LogP contribution in [0.1, 0.15) is 19.3 Å². The Morgan fingerprint density at radius 2 is 2.29 bits per heavy atom. The molecule has 0 spiro atoms. The zero-order valence-electron chi connectivity index (χ0n) is 8.95. The number of likely N-dealkylation sites (tertiary alicyclic amines) is 1. The van der Waals surface area contributed by atoms with Gasteiger partial charge in [-0.15, -0.1) is 0 Å². The van der Waals surface area contributed by atoms with Gasteiger partial charge in [0.2, 0.25) is 0 Å². The number of hydrogen-bond donors (Lipinski definition) is 3. The van der Waals surface area contributed by atoms with Crippen molar-refractivity contribution in [2.24, 2.45) is 0 Å². The van der Waals surface area contributed by atoms with Crippen LogP contribution in [0, 0.1) is 0 Å². The van der Waals surface area contributed by atoms with Crippen LogP contribution in [-0.2, 0) is 0 Å². The standard InChI is InChI=1S/C10H22N2O2/c1-12-5-3-2-4-9(12)6-11-7-10(14)8-13/h9-11,13-14H,2-8H2,1H3. The average Bonchev–Trinajstić information content (AvgIpc) is 2.20. The minimum absolute atomic E-state index is 0.159. The van der Waals surface area contributed by atoms with E-state index in [2.05, 4.69) is 17.3 Å². The van der Waals surface area contributed by atoms with Gasteiger partial charge in [0.15, 0.2) is 0 Å². The molecular formula is C10H22N2O2. The molecule has 0 bridgehead atoms. The highest BCUT2D eigenvalue weighted by Crippen LogP contribution is 2.13. The summed E-state index contributed by atoms with van der Waals surface area (Å²) < 4.78 is 0. The number of aliphatic hydroxyl groups excluding tert-OH is 2. The van der Waals surface area contributed by atoms with Crippen LogP contribution < -0.4 is 5.32 Å². The minimum Gasteiger partial charge on any atom is -0.394 e. The van der Waals surface area contributed by atoms with E-state index < -0.39 is 6.10 Å². The Morgan fingerprint density at radius 1 is 1.50 bits per heavy atom. The molecule has 2 atom stereocenters. The second kappa shape index (κ2) is 6.35. The number of nitrogens with zero attached hydrogens (tertiary/aromatic N) is 1. The number of nitrogens with one attached hydrogen (secondary N) is 1. The van der Waals surface area contributed by atoms with E-state index in [1.54, 1.807) is 0 Å². The van der Waals surface area contributed by atoms with E-state index in [1.807, 2.05) is 0 Å². The molecule has 4 heteroatoms. The van der Waals surface area contributed by atoms with E-state index in [-0.39, 0.29) is 6.61 Å². The fourth-order valence-electron chi connectivity index (χ4n) is 1.88. The summed E-state index contributed by atoms with van der Waals surface area (Å²) in [5, 5.41) is 20.9. The minimum atomic E-state index is -0.621. The maximum absolute atomic E-state index is 9.13. The molecule has 2 unspecified atom stereocenters. The first-order valence-electron chi connectivity index (χ1n) is 5.44. The molecule has 0 radical (unpaired) electrons. The second-order valence-corrected chi connectivity index (χ2v) is 4.12. The van der Waals surface area contributed by atoms with Crippen molar-refractivity contribution in [1.29, 1.82) is 0 Å². The Morgan fingerprint density at radius 3 is 2.93 bits per heavy atom. The van der Waals surface area contributed by atoms with Crippen molar-refractivity contribution in [3.8, 4) is 0 Å². The van der Waals surface area contributed by atoms with Gasteiger partial charge in [0.05, 0.1) is 12.7 Å². The maximum atomic E-state index is 9.13. The lowest BCUT2D eigenvalue weighted by atomic mass is 10.0. The van der Waals surface area contributed by atoms with E-state index in [4.69, 9.17) is 10.2 Å². The molecule has 1 aliphatic heterocycles. The van der Waals surface area contributed by atoms with Crippen molar-refractivity contribution >= 4 is 0 Å². The molecule has 3 N–H and O–H groups in total. The lowest BCUT2D eigenvalue weighted by Gasteiger charge is -2.32. The van der Waals surface area contributed by atoms with E-state index >= 15 is 0 Å². The largest absolute Gasteiger partial charge is 0.394 e. The third kappa shape index (κ3) is 3.92. The van der Waals surface area contributed by atoms with Crippen LogP contribution in [0.4, 0.5) is 0 Å². The van der Waals surface area contributed by atoms with Crippen molar-refractivity contribution in [3.05, 3.63) is 0 Å². The molecular weight excluding hydrogens is 180 g/mol. The van der Waals surface area contributed by atoms with Crippen molar-refractivity contribution in [1.82, 2.24) is 10.2 Å². The van der Waals surface area contributed by atoms with E-state index in [0.29, 0.717) is 12.6 Å². The van der Waals surface area contributed by atoms with Crippen LogP contribution in [0.2, 0.25) is 0 Å². The Bertz CT molecular complexity index is 155. The zero-order valence-corrected chi connectivity index (χ0v) is 8.95. The molecule has 0 aliphatic carbocycles. The van der Waals surface area contributed by atoms with Gasteiger partial charge >= 0.3 is 0 Å². The van der Waals surface area contributed by atoms with Crippen LogP contribution in [0.5, 0.6) is 0 Å². The van der Waals surface area contributed by atoms with Crippen LogP contribution in [0.3, 0.4) is 0 Å². The molecule has 1 aliphatic rings. The molecule has 1 rings (SSSR count).